The van der Waals surface area contributed by atoms with Gasteiger partial charge in [-0.2, -0.15) is 0 Å². The third kappa shape index (κ3) is 2.79. The van der Waals surface area contributed by atoms with E-state index >= 15 is 0 Å². The normalized spacial score (nSPS) is 12.8. The maximum absolute atomic E-state index is 12.5. The van der Waals surface area contributed by atoms with Crippen LogP contribution in [0.5, 0.6) is 11.5 Å². The van der Waals surface area contributed by atoms with Gasteiger partial charge in [0.25, 0.3) is 11.8 Å². The lowest BCUT2D eigenvalue weighted by atomic mass is 9.90. The Labute approximate surface area is 156 Å². The Balaban J connectivity index is 2.10. The molecule has 27 heavy (non-hydrogen) atoms. The number of hydrogen-bond acceptors (Lipinski definition) is 5. The number of aromatic nitrogens is 1. The fraction of sp³-hybridized carbons (Fsp3) is 0.190. The van der Waals surface area contributed by atoms with Crippen molar-refractivity contribution in [2.24, 2.45) is 0 Å². The van der Waals surface area contributed by atoms with Gasteiger partial charge in [-0.1, -0.05) is 0 Å². The molecule has 0 unspecified atom stereocenters. The van der Waals surface area contributed by atoms with Crippen molar-refractivity contribution in [2.45, 2.75) is 13.8 Å². The lowest BCUT2D eigenvalue weighted by Gasteiger charge is -2.16. The first kappa shape index (κ1) is 17.0. The van der Waals surface area contributed by atoms with Gasteiger partial charge in [-0.05, 0) is 60.5 Å². The summed E-state index contributed by atoms with van der Waals surface area (Å²) in [6.07, 6.45) is 3.32. The fourth-order valence-corrected chi connectivity index (χ4v) is 3.41. The molecule has 0 spiro atoms. The number of imide groups is 1. The van der Waals surface area contributed by atoms with E-state index in [0.717, 1.165) is 16.3 Å². The molecular formula is C21H18N2O4. The van der Waals surface area contributed by atoms with Crippen LogP contribution < -0.4 is 14.8 Å². The highest BCUT2D eigenvalue weighted by molar-refractivity contribution is 6.27. The molecule has 2 aromatic carbocycles. The molecule has 0 fully saturated rings. The highest BCUT2D eigenvalue weighted by atomic mass is 16.5. The lowest BCUT2D eigenvalue weighted by Crippen LogP contribution is -2.20. The molecule has 1 aliphatic heterocycles. The first-order valence-electron chi connectivity index (χ1n) is 8.80. The summed E-state index contributed by atoms with van der Waals surface area (Å²) in [4.78, 5) is 28.8. The van der Waals surface area contributed by atoms with Crippen molar-refractivity contribution in [1.29, 1.82) is 0 Å². The van der Waals surface area contributed by atoms with Gasteiger partial charge in [-0.15, -0.1) is 0 Å². The van der Waals surface area contributed by atoms with E-state index in [1.54, 1.807) is 18.5 Å². The van der Waals surface area contributed by atoms with Crippen LogP contribution in [0.2, 0.25) is 0 Å². The summed E-state index contributed by atoms with van der Waals surface area (Å²) in [6.45, 7) is 4.78. The Morgan fingerprint density at radius 2 is 1.56 bits per heavy atom. The average Bonchev–Trinajstić information content (AvgIpc) is 2.95. The molecule has 2 amide bonds. The van der Waals surface area contributed by atoms with Gasteiger partial charge in [-0.3, -0.25) is 19.9 Å². The molecule has 0 saturated heterocycles. The van der Waals surface area contributed by atoms with Gasteiger partial charge < -0.3 is 9.47 Å². The molecular weight excluding hydrogens is 344 g/mol. The Morgan fingerprint density at radius 1 is 0.889 bits per heavy atom. The Morgan fingerprint density at radius 3 is 2.22 bits per heavy atom. The van der Waals surface area contributed by atoms with Gasteiger partial charge in [0, 0.05) is 18.0 Å². The standard InChI is InChI=1S/C21H18N2O4/c1-3-26-16-10-13-9-15-19(21(25)23-20(15)24)18(12-5-7-22-8-6-12)14(13)11-17(16)27-4-2/h5-11H,3-4H2,1-2H3,(H,23,24,25). The van der Waals surface area contributed by atoms with Gasteiger partial charge in [0.15, 0.2) is 11.5 Å². The molecule has 0 saturated carbocycles. The Bertz CT molecular complexity index is 1060. The molecule has 0 atom stereocenters. The maximum Gasteiger partial charge on any atom is 0.259 e. The van der Waals surface area contributed by atoms with Crippen LogP contribution in [0.15, 0.2) is 42.7 Å². The second-order valence-electron chi connectivity index (χ2n) is 6.08. The number of nitrogens with one attached hydrogen (secondary N) is 1. The summed E-state index contributed by atoms with van der Waals surface area (Å²) in [6, 6.07) is 9.10. The van der Waals surface area contributed by atoms with Crippen LogP contribution in [0.1, 0.15) is 34.6 Å². The highest BCUT2D eigenvalue weighted by Crippen LogP contribution is 2.41. The van der Waals surface area contributed by atoms with Crippen molar-refractivity contribution in [2.75, 3.05) is 13.2 Å². The first-order valence-corrected chi connectivity index (χ1v) is 8.80. The summed E-state index contributed by atoms with van der Waals surface area (Å²) < 4.78 is 11.5. The average molecular weight is 362 g/mol. The molecule has 1 aromatic heterocycles. The van der Waals surface area contributed by atoms with Crippen LogP contribution >= 0.6 is 0 Å². The summed E-state index contributed by atoms with van der Waals surface area (Å²) in [5.74, 6) is 0.429. The summed E-state index contributed by atoms with van der Waals surface area (Å²) in [5.41, 5.74) is 2.25. The zero-order chi connectivity index (χ0) is 19.0. The van der Waals surface area contributed by atoms with E-state index in [-0.39, 0.29) is 5.91 Å². The number of nitrogens with zero attached hydrogens (tertiary/aromatic N) is 1. The van der Waals surface area contributed by atoms with E-state index in [4.69, 9.17) is 9.47 Å². The molecule has 1 N–H and O–H groups in total. The second kappa shape index (κ2) is 6.72. The number of fused-ring (bicyclic) bond motifs is 2. The number of pyridine rings is 1. The van der Waals surface area contributed by atoms with E-state index in [9.17, 15) is 9.59 Å². The van der Waals surface area contributed by atoms with E-state index in [1.165, 1.54) is 0 Å². The fourth-order valence-electron chi connectivity index (χ4n) is 3.41. The van der Waals surface area contributed by atoms with Crippen LogP contribution in [-0.2, 0) is 0 Å². The number of hydrogen-bond donors (Lipinski definition) is 1. The van der Waals surface area contributed by atoms with Gasteiger partial charge in [0.05, 0.1) is 24.3 Å². The molecule has 0 aliphatic carbocycles. The number of carbonyl (C=O) groups excluding carboxylic acids is 2. The number of carbonyl (C=O) groups is 2. The molecule has 4 rings (SSSR count). The van der Waals surface area contributed by atoms with Crippen LogP contribution in [0.25, 0.3) is 21.9 Å². The zero-order valence-corrected chi connectivity index (χ0v) is 15.0. The highest BCUT2D eigenvalue weighted by Gasteiger charge is 2.32. The molecule has 2 heterocycles. The summed E-state index contributed by atoms with van der Waals surface area (Å²) in [5, 5.41) is 4.01. The molecule has 0 radical (unpaired) electrons. The Kier molecular flexibility index (Phi) is 4.24. The van der Waals surface area contributed by atoms with Crippen LogP contribution in [-0.4, -0.2) is 30.0 Å². The molecule has 3 aromatic rings. The van der Waals surface area contributed by atoms with Crippen molar-refractivity contribution >= 4 is 22.6 Å². The minimum atomic E-state index is -0.393. The van der Waals surface area contributed by atoms with Crippen LogP contribution in [0.4, 0.5) is 0 Å². The predicted octanol–water partition coefficient (Wildman–Crippen LogP) is 3.58. The predicted molar refractivity (Wildman–Crippen MR) is 101 cm³/mol. The van der Waals surface area contributed by atoms with E-state index in [1.807, 2.05) is 38.1 Å². The van der Waals surface area contributed by atoms with E-state index < -0.39 is 5.91 Å². The second-order valence-corrected chi connectivity index (χ2v) is 6.08. The number of ether oxygens (including phenoxy) is 2. The Hall–Kier alpha value is -3.41. The molecule has 1 aliphatic rings. The zero-order valence-electron chi connectivity index (χ0n) is 15.0. The van der Waals surface area contributed by atoms with Crippen molar-refractivity contribution in [3.63, 3.8) is 0 Å². The number of benzene rings is 2. The number of rotatable bonds is 5. The monoisotopic (exact) mass is 362 g/mol. The van der Waals surface area contributed by atoms with Gasteiger partial charge in [0.2, 0.25) is 0 Å². The molecule has 6 nitrogen and oxygen atoms in total. The van der Waals surface area contributed by atoms with E-state index in [0.29, 0.717) is 41.4 Å². The molecule has 6 heteroatoms. The number of amides is 2. The lowest BCUT2D eigenvalue weighted by molar-refractivity contribution is 0.0880. The maximum atomic E-state index is 12.5. The smallest absolute Gasteiger partial charge is 0.259 e. The van der Waals surface area contributed by atoms with Crippen molar-refractivity contribution in [1.82, 2.24) is 10.3 Å². The minimum absolute atomic E-state index is 0.367. The topological polar surface area (TPSA) is 77.5 Å². The third-order valence-electron chi connectivity index (χ3n) is 4.47. The van der Waals surface area contributed by atoms with E-state index in [2.05, 4.69) is 10.3 Å². The largest absolute Gasteiger partial charge is 0.490 e. The van der Waals surface area contributed by atoms with Gasteiger partial charge in [0.1, 0.15) is 0 Å². The van der Waals surface area contributed by atoms with Crippen molar-refractivity contribution in [3.8, 4) is 22.6 Å². The minimum Gasteiger partial charge on any atom is -0.490 e. The van der Waals surface area contributed by atoms with Crippen molar-refractivity contribution in [3.05, 3.63) is 53.9 Å². The quantitative estimate of drug-likeness (QED) is 0.702. The first-order chi connectivity index (χ1) is 13.1. The van der Waals surface area contributed by atoms with Gasteiger partial charge in [-0.25, -0.2) is 0 Å². The van der Waals surface area contributed by atoms with Crippen molar-refractivity contribution < 1.29 is 19.1 Å². The molecule has 0 bridgehead atoms. The summed E-state index contributed by atoms with van der Waals surface area (Å²) >= 11 is 0. The van der Waals surface area contributed by atoms with Crippen LogP contribution in [0.3, 0.4) is 0 Å². The SMILES string of the molecule is CCOc1cc2cc3c(c(-c4ccncc4)c2cc1OCC)C(=O)NC3=O. The van der Waals surface area contributed by atoms with Gasteiger partial charge >= 0.3 is 0 Å². The molecule has 136 valence electrons. The van der Waals surface area contributed by atoms with Crippen LogP contribution in [0, 0.1) is 0 Å². The summed E-state index contributed by atoms with van der Waals surface area (Å²) in [7, 11) is 0. The third-order valence-corrected chi connectivity index (χ3v) is 4.47.